The summed E-state index contributed by atoms with van der Waals surface area (Å²) >= 11 is 0. The molecule has 0 fully saturated rings. The van der Waals surface area contributed by atoms with Crippen molar-refractivity contribution in [1.29, 1.82) is 0 Å². The third kappa shape index (κ3) is 7.50. The first-order valence-corrected chi connectivity index (χ1v) is 8.92. The highest BCUT2D eigenvalue weighted by Crippen LogP contribution is 2.12. The van der Waals surface area contributed by atoms with Gasteiger partial charge in [0, 0.05) is 12.6 Å². The van der Waals surface area contributed by atoms with Crippen molar-refractivity contribution >= 4 is 11.9 Å². The van der Waals surface area contributed by atoms with Gasteiger partial charge in [-0.05, 0) is 37.1 Å². The minimum absolute atomic E-state index is 0.0178. The summed E-state index contributed by atoms with van der Waals surface area (Å²) in [7, 11) is 0. The molecule has 0 heterocycles. The van der Waals surface area contributed by atoms with Gasteiger partial charge in [-0.25, -0.2) is 0 Å². The molecule has 144 valence electrons. The Hall–Kier alpha value is -2.86. The van der Waals surface area contributed by atoms with Crippen LogP contribution in [0.3, 0.4) is 0 Å². The van der Waals surface area contributed by atoms with Gasteiger partial charge in [0.05, 0.1) is 13.1 Å². The van der Waals surface area contributed by atoms with Crippen molar-refractivity contribution in [2.75, 3.05) is 13.1 Å². The van der Waals surface area contributed by atoms with Gasteiger partial charge in [-0.3, -0.25) is 14.5 Å². The molecule has 0 spiro atoms. The number of hydrogen-bond donors (Lipinski definition) is 2. The van der Waals surface area contributed by atoms with Crippen LogP contribution < -0.4 is 10.1 Å². The Morgan fingerprint density at radius 1 is 1.00 bits per heavy atom. The Kier molecular flexibility index (Phi) is 7.82. The van der Waals surface area contributed by atoms with Crippen LogP contribution in [0.5, 0.6) is 5.75 Å². The summed E-state index contributed by atoms with van der Waals surface area (Å²) in [5.74, 6) is -0.309. The second-order valence-electron chi connectivity index (χ2n) is 6.59. The van der Waals surface area contributed by atoms with Crippen LogP contribution in [0.15, 0.2) is 54.6 Å². The number of nitrogens with zero attached hydrogens (tertiary/aromatic N) is 1. The van der Waals surface area contributed by atoms with Gasteiger partial charge in [-0.1, -0.05) is 42.5 Å². The maximum atomic E-state index is 12.1. The zero-order valence-corrected chi connectivity index (χ0v) is 15.7. The van der Waals surface area contributed by atoms with Gasteiger partial charge in [0.2, 0.25) is 5.91 Å². The molecule has 2 rings (SSSR count). The Balaban J connectivity index is 1.78. The van der Waals surface area contributed by atoms with Crippen molar-refractivity contribution in [3.8, 4) is 5.75 Å². The Morgan fingerprint density at radius 2 is 1.63 bits per heavy atom. The second-order valence-corrected chi connectivity index (χ2v) is 6.59. The molecular weight excluding hydrogens is 344 g/mol. The number of benzene rings is 2. The number of hydrogen-bond acceptors (Lipinski definition) is 4. The maximum absolute atomic E-state index is 12.1. The van der Waals surface area contributed by atoms with E-state index in [1.165, 1.54) is 0 Å². The van der Waals surface area contributed by atoms with E-state index < -0.39 is 5.97 Å². The maximum Gasteiger partial charge on any atom is 0.317 e. The quantitative estimate of drug-likeness (QED) is 0.672. The van der Waals surface area contributed by atoms with Crippen molar-refractivity contribution in [3.05, 3.63) is 65.7 Å². The molecule has 0 saturated carbocycles. The first kappa shape index (κ1) is 20.5. The molecule has 6 heteroatoms. The van der Waals surface area contributed by atoms with Gasteiger partial charge in [0.15, 0.2) is 0 Å². The van der Waals surface area contributed by atoms with Gasteiger partial charge in [-0.2, -0.15) is 0 Å². The number of para-hydroxylation sites is 1. The predicted molar refractivity (Wildman–Crippen MR) is 103 cm³/mol. The SMILES string of the molecule is CC(C)N(CC(=O)O)CC(=O)NCc1ccc(COc2ccccc2)cc1. The lowest BCUT2D eigenvalue weighted by Crippen LogP contribution is -2.43. The topological polar surface area (TPSA) is 78.9 Å². The Morgan fingerprint density at radius 3 is 2.22 bits per heavy atom. The minimum atomic E-state index is -0.940. The molecule has 2 N–H and O–H groups in total. The van der Waals surface area contributed by atoms with Crippen LogP contribution in [0.1, 0.15) is 25.0 Å². The van der Waals surface area contributed by atoms with E-state index in [1.807, 2.05) is 68.4 Å². The average molecular weight is 370 g/mol. The highest BCUT2D eigenvalue weighted by molar-refractivity contribution is 5.79. The highest BCUT2D eigenvalue weighted by Gasteiger charge is 2.16. The predicted octanol–water partition coefficient (Wildman–Crippen LogP) is 2.68. The minimum Gasteiger partial charge on any atom is -0.489 e. The summed E-state index contributed by atoms with van der Waals surface area (Å²) in [5.41, 5.74) is 2.02. The van der Waals surface area contributed by atoms with Gasteiger partial charge in [0.1, 0.15) is 12.4 Å². The van der Waals surface area contributed by atoms with Crippen LogP contribution >= 0.6 is 0 Å². The molecule has 0 aliphatic carbocycles. The third-order valence-electron chi connectivity index (χ3n) is 4.08. The lowest BCUT2D eigenvalue weighted by Gasteiger charge is -2.23. The first-order chi connectivity index (χ1) is 12.9. The van der Waals surface area contributed by atoms with Crippen LogP contribution in [0.25, 0.3) is 0 Å². The molecule has 2 aromatic rings. The van der Waals surface area contributed by atoms with Crippen molar-refractivity contribution in [2.24, 2.45) is 0 Å². The van der Waals surface area contributed by atoms with Gasteiger partial charge >= 0.3 is 5.97 Å². The standard InChI is InChI=1S/C21H26N2O4/c1-16(2)23(14-21(25)26)13-20(24)22-12-17-8-10-18(11-9-17)15-27-19-6-4-3-5-7-19/h3-11,16H,12-15H2,1-2H3,(H,22,24)(H,25,26). The fourth-order valence-electron chi connectivity index (χ4n) is 2.47. The molecule has 0 atom stereocenters. The van der Waals surface area contributed by atoms with Gasteiger partial charge in [-0.15, -0.1) is 0 Å². The second kappa shape index (κ2) is 10.3. The number of nitrogens with one attached hydrogen (secondary N) is 1. The molecule has 0 aromatic heterocycles. The van der Waals surface area contributed by atoms with Crippen molar-refractivity contribution in [1.82, 2.24) is 10.2 Å². The van der Waals surface area contributed by atoms with Crippen LogP contribution in [0.2, 0.25) is 0 Å². The number of carbonyl (C=O) groups is 2. The lowest BCUT2D eigenvalue weighted by molar-refractivity contribution is -0.139. The summed E-state index contributed by atoms with van der Waals surface area (Å²) in [6, 6.07) is 17.4. The highest BCUT2D eigenvalue weighted by atomic mass is 16.5. The lowest BCUT2D eigenvalue weighted by atomic mass is 10.1. The molecule has 1 amide bonds. The molecule has 27 heavy (non-hydrogen) atoms. The largest absolute Gasteiger partial charge is 0.489 e. The van der Waals surface area contributed by atoms with E-state index in [-0.39, 0.29) is 25.0 Å². The molecule has 0 saturated heterocycles. The summed E-state index contributed by atoms with van der Waals surface area (Å²) in [4.78, 5) is 24.6. The zero-order chi connectivity index (χ0) is 19.6. The van der Waals surface area contributed by atoms with Gasteiger partial charge in [0.25, 0.3) is 0 Å². The first-order valence-electron chi connectivity index (χ1n) is 8.92. The Labute approximate surface area is 159 Å². The van der Waals surface area contributed by atoms with Crippen molar-refractivity contribution in [3.63, 3.8) is 0 Å². The van der Waals surface area contributed by atoms with E-state index >= 15 is 0 Å². The summed E-state index contributed by atoms with van der Waals surface area (Å²) in [6.45, 7) is 4.53. The summed E-state index contributed by atoms with van der Waals surface area (Å²) in [5, 5.41) is 11.7. The molecular formula is C21H26N2O4. The number of carboxylic acid groups (broad SMARTS) is 1. The number of rotatable bonds is 10. The molecule has 0 radical (unpaired) electrons. The number of carboxylic acids is 1. The number of amides is 1. The van der Waals surface area contributed by atoms with Crippen molar-refractivity contribution in [2.45, 2.75) is 33.0 Å². The fraction of sp³-hybridized carbons (Fsp3) is 0.333. The van der Waals surface area contributed by atoms with E-state index in [4.69, 9.17) is 9.84 Å². The smallest absolute Gasteiger partial charge is 0.317 e. The van der Waals surface area contributed by atoms with Crippen LogP contribution in [0.4, 0.5) is 0 Å². The average Bonchev–Trinajstić information content (AvgIpc) is 2.65. The molecule has 6 nitrogen and oxygen atoms in total. The summed E-state index contributed by atoms with van der Waals surface area (Å²) < 4.78 is 5.70. The molecule has 0 bridgehead atoms. The van der Waals surface area contributed by atoms with E-state index in [2.05, 4.69) is 5.32 Å². The van der Waals surface area contributed by atoms with Gasteiger partial charge < -0.3 is 15.2 Å². The van der Waals surface area contributed by atoms with E-state index in [1.54, 1.807) is 4.90 Å². The Bertz CT molecular complexity index is 730. The molecule has 2 aromatic carbocycles. The monoisotopic (exact) mass is 370 g/mol. The van der Waals surface area contributed by atoms with E-state index in [0.717, 1.165) is 16.9 Å². The normalized spacial score (nSPS) is 10.8. The van der Waals surface area contributed by atoms with Crippen LogP contribution in [-0.4, -0.2) is 41.0 Å². The van der Waals surface area contributed by atoms with Crippen LogP contribution in [0, 0.1) is 0 Å². The molecule has 0 aliphatic heterocycles. The molecule has 0 aliphatic rings. The number of carbonyl (C=O) groups excluding carboxylic acids is 1. The van der Waals surface area contributed by atoms with E-state index in [0.29, 0.717) is 13.2 Å². The zero-order valence-electron chi connectivity index (χ0n) is 15.7. The number of aliphatic carboxylic acids is 1. The third-order valence-corrected chi connectivity index (χ3v) is 4.08. The van der Waals surface area contributed by atoms with E-state index in [9.17, 15) is 9.59 Å². The van der Waals surface area contributed by atoms with Crippen LogP contribution in [-0.2, 0) is 22.7 Å². The molecule has 0 unspecified atom stereocenters. The summed E-state index contributed by atoms with van der Waals surface area (Å²) in [6.07, 6.45) is 0. The van der Waals surface area contributed by atoms with Crippen molar-refractivity contribution < 1.29 is 19.4 Å². The number of ether oxygens (including phenoxy) is 1. The fourth-order valence-corrected chi connectivity index (χ4v) is 2.47.